The van der Waals surface area contributed by atoms with Crippen LogP contribution in [-0.4, -0.2) is 34.9 Å². The van der Waals surface area contributed by atoms with Gasteiger partial charge in [0.2, 0.25) is 0 Å². The zero-order chi connectivity index (χ0) is 17.8. The first-order chi connectivity index (χ1) is 12.1. The highest BCUT2D eigenvalue weighted by molar-refractivity contribution is 6.30. The zero-order valence-corrected chi connectivity index (χ0v) is 14.3. The molecule has 8 heteroatoms. The minimum atomic E-state index is -0.312. The van der Waals surface area contributed by atoms with Crippen molar-refractivity contribution in [2.45, 2.75) is 0 Å². The van der Waals surface area contributed by atoms with Gasteiger partial charge in [-0.1, -0.05) is 11.6 Å². The molecule has 7 nitrogen and oxygen atoms in total. The van der Waals surface area contributed by atoms with E-state index >= 15 is 0 Å². The van der Waals surface area contributed by atoms with Crippen LogP contribution >= 0.6 is 11.6 Å². The standard InChI is InChI=1S/C17H15ClN4O3/c1-24-14-6-5-11(8-15(14)25-2)17(23)21-13-4-3-7-19-16(13)22-10-12(18)9-20-22/h3-10H,1-2H3,(H,21,23). The molecule has 0 aliphatic carbocycles. The lowest BCUT2D eigenvalue weighted by Gasteiger charge is -2.12. The van der Waals surface area contributed by atoms with Gasteiger partial charge in [0, 0.05) is 11.8 Å². The Labute approximate surface area is 149 Å². The predicted octanol–water partition coefficient (Wildman–Crippen LogP) is 3.19. The fraction of sp³-hybridized carbons (Fsp3) is 0.118. The molecule has 25 heavy (non-hydrogen) atoms. The smallest absolute Gasteiger partial charge is 0.255 e. The maximum atomic E-state index is 12.6. The molecule has 1 aromatic carbocycles. The van der Waals surface area contributed by atoms with Gasteiger partial charge in [-0.25, -0.2) is 9.67 Å². The van der Waals surface area contributed by atoms with Crippen molar-refractivity contribution < 1.29 is 14.3 Å². The second-order valence-corrected chi connectivity index (χ2v) is 5.44. The molecule has 0 saturated heterocycles. The van der Waals surface area contributed by atoms with Crippen LogP contribution in [0, 0.1) is 0 Å². The van der Waals surface area contributed by atoms with Crippen LogP contribution < -0.4 is 14.8 Å². The van der Waals surface area contributed by atoms with Gasteiger partial charge < -0.3 is 14.8 Å². The first-order valence-corrected chi connectivity index (χ1v) is 7.69. The molecule has 0 aliphatic heterocycles. The molecule has 0 bridgehead atoms. The van der Waals surface area contributed by atoms with Crippen LogP contribution in [0.25, 0.3) is 5.82 Å². The summed E-state index contributed by atoms with van der Waals surface area (Å²) in [5.74, 6) is 1.17. The lowest BCUT2D eigenvalue weighted by molar-refractivity contribution is 0.102. The van der Waals surface area contributed by atoms with E-state index in [1.165, 1.54) is 25.1 Å². The molecule has 0 unspecified atom stereocenters. The predicted molar refractivity (Wildman–Crippen MR) is 93.9 cm³/mol. The van der Waals surface area contributed by atoms with E-state index in [0.29, 0.717) is 33.6 Å². The topological polar surface area (TPSA) is 78.3 Å². The Morgan fingerprint density at radius 3 is 2.68 bits per heavy atom. The molecule has 0 saturated carbocycles. The molecule has 1 N–H and O–H groups in total. The van der Waals surface area contributed by atoms with Crippen molar-refractivity contribution in [2.24, 2.45) is 0 Å². The van der Waals surface area contributed by atoms with Gasteiger partial charge in [-0.2, -0.15) is 5.10 Å². The second kappa shape index (κ2) is 7.23. The summed E-state index contributed by atoms with van der Waals surface area (Å²) in [4.78, 5) is 16.8. The number of methoxy groups -OCH3 is 2. The Bertz CT molecular complexity index is 910. The van der Waals surface area contributed by atoms with Crippen LogP contribution in [0.3, 0.4) is 0 Å². The van der Waals surface area contributed by atoms with E-state index in [1.54, 1.807) is 42.7 Å². The third kappa shape index (κ3) is 3.56. The van der Waals surface area contributed by atoms with Crippen molar-refractivity contribution >= 4 is 23.2 Å². The van der Waals surface area contributed by atoms with E-state index in [2.05, 4.69) is 15.4 Å². The number of carbonyl (C=O) groups is 1. The van der Waals surface area contributed by atoms with Crippen molar-refractivity contribution in [1.82, 2.24) is 14.8 Å². The fourth-order valence-corrected chi connectivity index (χ4v) is 2.40. The van der Waals surface area contributed by atoms with E-state index in [9.17, 15) is 4.79 Å². The molecular weight excluding hydrogens is 344 g/mol. The number of halogens is 1. The molecule has 0 spiro atoms. The summed E-state index contributed by atoms with van der Waals surface area (Å²) < 4.78 is 11.9. The molecule has 3 aromatic rings. The fourth-order valence-electron chi connectivity index (χ4n) is 2.27. The van der Waals surface area contributed by atoms with E-state index in [0.717, 1.165) is 0 Å². The number of hydrogen-bond acceptors (Lipinski definition) is 5. The van der Waals surface area contributed by atoms with E-state index < -0.39 is 0 Å². The molecule has 1 amide bonds. The van der Waals surface area contributed by atoms with Crippen LogP contribution in [0.5, 0.6) is 11.5 Å². The number of benzene rings is 1. The van der Waals surface area contributed by atoms with E-state index in [-0.39, 0.29) is 5.91 Å². The Kier molecular flexibility index (Phi) is 4.85. The number of pyridine rings is 1. The minimum absolute atomic E-state index is 0.312. The number of anilines is 1. The van der Waals surface area contributed by atoms with Gasteiger partial charge in [0.25, 0.3) is 5.91 Å². The summed E-state index contributed by atoms with van der Waals surface area (Å²) in [5.41, 5.74) is 0.924. The lowest BCUT2D eigenvalue weighted by atomic mass is 10.2. The van der Waals surface area contributed by atoms with Crippen LogP contribution in [-0.2, 0) is 0 Å². The number of aromatic nitrogens is 3. The molecule has 0 atom stereocenters. The number of rotatable bonds is 5. The van der Waals surface area contributed by atoms with Gasteiger partial charge in [0.05, 0.1) is 37.3 Å². The van der Waals surface area contributed by atoms with Crippen molar-refractivity contribution in [3.8, 4) is 17.3 Å². The average Bonchev–Trinajstić information content (AvgIpc) is 3.07. The maximum absolute atomic E-state index is 12.6. The third-order valence-electron chi connectivity index (χ3n) is 3.45. The number of nitrogens with zero attached hydrogens (tertiary/aromatic N) is 3. The van der Waals surface area contributed by atoms with Gasteiger partial charge in [0.15, 0.2) is 17.3 Å². The first-order valence-electron chi connectivity index (χ1n) is 7.31. The Morgan fingerprint density at radius 1 is 1.20 bits per heavy atom. The quantitative estimate of drug-likeness (QED) is 0.757. The summed E-state index contributed by atoms with van der Waals surface area (Å²) in [6.07, 6.45) is 4.71. The molecule has 0 fully saturated rings. The van der Waals surface area contributed by atoms with Crippen LogP contribution in [0.1, 0.15) is 10.4 Å². The van der Waals surface area contributed by atoms with Gasteiger partial charge in [-0.15, -0.1) is 0 Å². The van der Waals surface area contributed by atoms with Gasteiger partial charge in [-0.3, -0.25) is 4.79 Å². The molecule has 3 rings (SSSR count). The van der Waals surface area contributed by atoms with Gasteiger partial charge in [0.1, 0.15) is 0 Å². The largest absolute Gasteiger partial charge is 0.493 e. The number of hydrogen-bond donors (Lipinski definition) is 1. The highest BCUT2D eigenvalue weighted by atomic mass is 35.5. The first kappa shape index (κ1) is 16.8. The molecule has 2 heterocycles. The summed E-state index contributed by atoms with van der Waals surface area (Å²) in [5, 5.41) is 7.41. The Morgan fingerprint density at radius 2 is 2.00 bits per heavy atom. The third-order valence-corrected chi connectivity index (χ3v) is 3.64. The molecule has 128 valence electrons. The van der Waals surface area contributed by atoms with E-state index in [4.69, 9.17) is 21.1 Å². The van der Waals surface area contributed by atoms with Crippen molar-refractivity contribution in [2.75, 3.05) is 19.5 Å². The van der Waals surface area contributed by atoms with Gasteiger partial charge in [-0.05, 0) is 30.3 Å². The second-order valence-electron chi connectivity index (χ2n) is 5.00. The highest BCUT2D eigenvalue weighted by Gasteiger charge is 2.14. The normalized spacial score (nSPS) is 10.4. The zero-order valence-electron chi connectivity index (χ0n) is 13.6. The van der Waals surface area contributed by atoms with Crippen molar-refractivity contribution in [3.05, 3.63) is 59.5 Å². The van der Waals surface area contributed by atoms with Crippen LogP contribution in [0.15, 0.2) is 48.9 Å². The summed E-state index contributed by atoms with van der Waals surface area (Å²) >= 11 is 5.90. The molecule has 0 aliphatic rings. The highest BCUT2D eigenvalue weighted by Crippen LogP contribution is 2.28. The summed E-state index contributed by atoms with van der Waals surface area (Å²) in [7, 11) is 3.05. The monoisotopic (exact) mass is 358 g/mol. The van der Waals surface area contributed by atoms with Crippen LogP contribution in [0.4, 0.5) is 5.69 Å². The Hall–Kier alpha value is -3.06. The number of carbonyl (C=O) groups excluding carboxylic acids is 1. The lowest BCUT2D eigenvalue weighted by Crippen LogP contribution is -2.15. The van der Waals surface area contributed by atoms with Crippen LogP contribution in [0.2, 0.25) is 5.02 Å². The maximum Gasteiger partial charge on any atom is 0.255 e. The average molecular weight is 359 g/mol. The Balaban J connectivity index is 1.89. The minimum Gasteiger partial charge on any atom is -0.493 e. The molecule has 2 aromatic heterocycles. The SMILES string of the molecule is COc1ccc(C(=O)Nc2cccnc2-n2cc(Cl)cn2)cc1OC. The molecular formula is C17H15ClN4O3. The molecule has 0 radical (unpaired) electrons. The summed E-state index contributed by atoms with van der Waals surface area (Å²) in [6.45, 7) is 0. The number of nitrogens with one attached hydrogen (secondary N) is 1. The van der Waals surface area contributed by atoms with Crippen molar-refractivity contribution in [3.63, 3.8) is 0 Å². The summed E-state index contributed by atoms with van der Waals surface area (Å²) in [6, 6.07) is 8.38. The van der Waals surface area contributed by atoms with E-state index in [1.807, 2.05) is 0 Å². The van der Waals surface area contributed by atoms with Gasteiger partial charge >= 0.3 is 0 Å². The number of ether oxygens (including phenoxy) is 2. The van der Waals surface area contributed by atoms with Crippen molar-refractivity contribution in [1.29, 1.82) is 0 Å². The number of amides is 1.